The van der Waals surface area contributed by atoms with E-state index in [2.05, 4.69) is 4.98 Å². The molecule has 0 aliphatic rings. The Hall–Kier alpha value is -3.44. The van der Waals surface area contributed by atoms with E-state index in [0.717, 1.165) is 15.8 Å². The van der Waals surface area contributed by atoms with Crippen molar-refractivity contribution in [3.8, 4) is 5.75 Å². The first kappa shape index (κ1) is 17.9. The molecule has 4 rings (SSSR count). The topological polar surface area (TPSA) is 42.4 Å². The van der Waals surface area contributed by atoms with Gasteiger partial charge in [-0.1, -0.05) is 65.9 Å². The number of para-hydroxylation sites is 3. The van der Waals surface area contributed by atoms with E-state index in [1.165, 1.54) is 11.3 Å². The number of thiazole rings is 1. The summed E-state index contributed by atoms with van der Waals surface area (Å²) in [6.45, 7) is 0. The van der Waals surface area contributed by atoms with E-state index in [9.17, 15) is 4.79 Å². The van der Waals surface area contributed by atoms with E-state index < -0.39 is 0 Å². The standard InChI is InChI=1S/C23H18N2O2S/c1-27-20-13-7-6-12-19(20)25(22(26)16-15-17-9-3-2-4-10-17)23-24-18-11-5-8-14-21(18)28-23/h2-16H,1H3. The number of carbonyl (C=O) groups excluding carboxylic acids is 1. The van der Waals surface area contributed by atoms with Gasteiger partial charge in [0.2, 0.25) is 0 Å². The molecule has 0 aliphatic carbocycles. The molecule has 0 N–H and O–H groups in total. The maximum atomic E-state index is 13.2. The molecule has 1 aromatic heterocycles. The van der Waals surface area contributed by atoms with E-state index in [1.807, 2.05) is 78.9 Å². The van der Waals surface area contributed by atoms with Crippen LogP contribution in [0.25, 0.3) is 16.3 Å². The van der Waals surface area contributed by atoms with E-state index in [1.54, 1.807) is 24.2 Å². The van der Waals surface area contributed by atoms with Crippen LogP contribution >= 0.6 is 11.3 Å². The Bertz CT molecular complexity index is 1100. The van der Waals surface area contributed by atoms with E-state index in [0.29, 0.717) is 16.6 Å². The normalized spacial score (nSPS) is 11.0. The number of fused-ring (bicyclic) bond motifs is 1. The van der Waals surface area contributed by atoms with Crippen LogP contribution < -0.4 is 9.64 Å². The van der Waals surface area contributed by atoms with Crippen LogP contribution in [0.2, 0.25) is 0 Å². The van der Waals surface area contributed by atoms with Gasteiger partial charge in [-0.05, 0) is 35.9 Å². The molecular formula is C23H18N2O2S. The number of nitrogens with zero attached hydrogens (tertiary/aromatic N) is 2. The molecule has 0 spiro atoms. The summed E-state index contributed by atoms with van der Waals surface area (Å²) in [5.74, 6) is 0.427. The molecule has 0 unspecified atom stereocenters. The summed E-state index contributed by atoms with van der Waals surface area (Å²) in [5.41, 5.74) is 2.48. The van der Waals surface area contributed by atoms with Crippen LogP contribution in [0.15, 0.2) is 84.9 Å². The van der Waals surface area contributed by atoms with Crippen molar-refractivity contribution in [1.82, 2.24) is 4.98 Å². The van der Waals surface area contributed by atoms with Gasteiger partial charge >= 0.3 is 0 Å². The van der Waals surface area contributed by atoms with E-state index in [4.69, 9.17) is 4.74 Å². The molecule has 5 heteroatoms. The number of hydrogen-bond donors (Lipinski definition) is 0. The highest BCUT2D eigenvalue weighted by Gasteiger charge is 2.23. The zero-order valence-electron chi connectivity index (χ0n) is 15.3. The van der Waals surface area contributed by atoms with Crippen molar-refractivity contribution < 1.29 is 9.53 Å². The Kier molecular flexibility index (Phi) is 5.17. The van der Waals surface area contributed by atoms with Crippen molar-refractivity contribution in [3.63, 3.8) is 0 Å². The van der Waals surface area contributed by atoms with Gasteiger partial charge in [0.15, 0.2) is 5.13 Å². The monoisotopic (exact) mass is 386 g/mol. The second kappa shape index (κ2) is 8.06. The molecule has 3 aromatic carbocycles. The number of hydrogen-bond acceptors (Lipinski definition) is 4. The highest BCUT2D eigenvalue weighted by atomic mass is 32.1. The summed E-state index contributed by atoms with van der Waals surface area (Å²) in [4.78, 5) is 19.5. The largest absolute Gasteiger partial charge is 0.495 e. The molecule has 0 atom stereocenters. The molecule has 0 radical (unpaired) electrons. The molecule has 1 heterocycles. The van der Waals surface area contributed by atoms with Crippen LogP contribution in [-0.2, 0) is 4.79 Å². The SMILES string of the molecule is COc1ccccc1N(C(=O)C=Cc1ccccc1)c1nc2ccccc2s1. The van der Waals surface area contributed by atoms with Gasteiger partial charge in [0.25, 0.3) is 5.91 Å². The van der Waals surface area contributed by atoms with Gasteiger partial charge in [-0.15, -0.1) is 0 Å². The lowest BCUT2D eigenvalue weighted by Gasteiger charge is -2.20. The molecular weight excluding hydrogens is 368 g/mol. The Balaban J connectivity index is 1.79. The van der Waals surface area contributed by atoms with Crippen LogP contribution in [0.4, 0.5) is 10.8 Å². The Labute approximate surface area is 167 Å². The average molecular weight is 386 g/mol. The number of rotatable bonds is 5. The number of ether oxygens (including phenoxy) is 1. The Morgan fingerprint density at radius 2 is 1.68 bits per heavy atom. The van der Waals surface area contributed by atoms with E-state index in [-0.39, 0.29) is 5.91 Å². The smallest absolute Gasteiger partial charge is 0.257 e. The third-order valence-corrected chi connectivity index (χ3v) is 5.26. The second-order valence-corrected chi connectivity index (χ2v) is 7.06. The van der Waals surface area contributed by atoms with Gasteiger partial charge in [0, 0.05) is 6.08 Å². The fourth-order valence-electron chi connectivity index (χ4n) is 2.89. The molecule has 28 heavy (non-hydrogen) atoms. The molecule has 1 amide bonds. The number of amides is 1. The maximum Gasteiger partial charge on any atom is 0.257 e. The highest BCUT2D eigenvalue weighted by molar-refractivity contribution is 7.22. The van der Waals surface area contributed by atoms with Gasteiger partial charge in [-0.25, -0.2) is 9.88 Å². The minimum atomic E-state index is -0.188. The third-order valence-electron chi connectivity index (χ3n) is 4.24. The zero-order valence-corrected chi connectivity index (χ0v) is 16.1. The number of aromatic nitrogens is 1. The predicted molar refractivity (Wildman–Crippen MR) is 115 cm³/mol. The minimum absolute atomic E-state index is 0.188. The lowest BCUT2D eigenvalue weighted by atomic mass is 10.2. The molecule has 0 fully saturated rings. The van der Waals surface area contributed by atoms with Crippen molar-refractivity contribution in [2.24, 2.45) is 0 Å². The number of anilines is 2. The van der Waals surface area contributed by atoms with Crippen LogP contribution in [0, 0.1) is 0 Å². The molecule has 0 saturated heterocycles. The van der Waals surface area contributed by atoms with Crippen LogP contribution in [0.1, 0.15) is 5.56 Å². The Morgan fingerprint density at radius 1 is 0.964 bits per heavy atom. The minimum Gasteiger partial charge on any atom is -0.495 e. The molecule has 0 bridgehead atoms. The lowest BCUT2D eigenvalue weighted by molar-refractivity contribution is -0.113. The lowest BCUT2D eigenvalue weighted by Crippen LogP contribution is -2.24. The average Bonchev–Trinajstić information content (AvgIpc) is 3.17. The number of carbonyl (C=O) groups is 1. The first-order valence-corrected chi connectivity index (χ1v) is 9.64. The van der Waals surface area contributed by atoms with Crippen molar-refractivity contribution >= 4 is 44.4 Å². The fourth-order valence-corrected chi connectivity index (χ4v) is 3.88. The van der Waals surface area contributed by atoms with Gasteiger partial charge in [-0.3, -0.25) is 4.79 Å². The summed E-state index contributed by atoms with van der Waals surface area (Å²) in [6, 6.07) is 25.0. The summed E-state index contributed by atoms with van der Waals surface area (Å²) in [5, 5.41) is 0.605. The third kappa shape index (κ3) is 3.66. The van der Waals surface area contributed by atoms with Crippen molar-refractivity contribution in [3.05, 3.63) is 90.5 Å². The summed E-state index contributed by atoms with van der Waals surface area (Å²) in [6.07, 6.45) is 3.37. The summed E-state index contributed by atoms with van der Waals surface area (Å²) in [7, 11) is 1.60. The second-order valence-electron chi connectivity index (χ2n) is 6.05. The molecule has 0 aliphatic heterocycles. The first-order chi connectivity index (χ1) is 13.8. The van der Waals surface area contributed by atoms with Gasteiger partial charge in [0.1, 0.15) is 5.75 Å². The maximum absolute atomic E-state index is 13.2. The fraction of sp³-hybridized carbons (Fsp3) is 0.0435. The molecule has 4 aromatic rings. The zero-order chi connectivity index (χ0) is 19.3. The molecule has 138 valence electrons. The summed E-state index contributed by atoms with van der Waals surface area (Å²) >= 11 is 1.47. The van der Waals surface area contributed by atoms with Crippen LogP contribution in [0.3, 0.4) is 0 Å². The van der Waals surface area contributed by atoms with Crippen LogP contribution in [0.5, 0.6) is 5.75 Å². The van der Waals surface area contributed by atoms with E-state index >= 15 is 0 Å². The predicted octanol–water partition coefficient (Wildman–Crippen LogP) is 5.68. The molecule has 0 saturated carbocycles. The van der Waals surface area contributed by atoms with Crippen molar-refractivity contribution in [1.29, 1.82) is 0 Å². The Morgan fingerprint density at radius 3 is 2.46 bits per heavy atom. The molecule has 4 nitrogen and oxygen atoms in total. The highest BCUT2D eigenvalue weighted by Crippen LogP contribution is 2.38. The van der Waals surface area contributed by atoms with Gasteiger partial charge in [-0.2, -0.15) is 0 Å². The van der Waals surface area contributed by atoms with Gasteiger partial charge in [0.05, 0.1) is 23.0 Å². The quantitative estimate of drug-likeness (QED) is 0.414. The first-order valence-electron chi connectivity index (χ1n) is 8.82. The van der Waals surface area contributed by atoms with Crippen molar-refractivity contribution in [2.45, 2.75) is 0 Å². The van der Waals surface area contributed by atoms with Crippen molar-refractivity contribution in [2.75, 3.05) is 12.0 Å². The number of benzene rings is 3. The van der Waals surface area contributed by atoms with Crippen LogP contribution in [-0.4, -0.2) is 18.0 Å². The number of methoxy groups -OCH3 is 1. The summed E-state index contributed by atoms with van der Waals surface area (Å²) < 4.78 is 6.52. The van der Waals surface area contributed by atoms with Gasteiger partial charge < -0.3 is 4.74 Å².